The molecule has 2 heterocycles. The van der Waals surface area contributed by atoms with Gasteiger partial charge in [-0.15, -0.1) is 0 Å². The Morgan fingerprint density at radius 2 is 1.00 bits per heavy atom. The van der Waals surface area contributed by atoms with E-state index >= 15 is 0 Å². The molecule has 55 heavy (non-hydrogen) atoms. The molecule has 256 valence electrons. The van der Waals surface area contributed by atoms with E-state index in [1.807, 2.05) is 60.7 Å². The van der Waals surface area contributed by atoms with Gasteiger partial charge in [-0.25, -0.2) is 14.8 Å². The maximum Gasteiger partial charge on any atom is 0.194 e. The molecule has 0 atom stereocenters. The zero-order valence-electron chi connectivity index (χ0n) is 29.8. The third kappa shape index (κ3) is 5.72. The van der Waals surface area contributed by atoms with Crippen LogP contribution in [0, 0.1) is 6.57 Å². The maximum atomic E-state index is 8.06. The average molecular weight is 701 g/mol. The molecule has 0 aliphatic heterocycles. The van der Waals surface area contributed by atoms with Crippen molar-refractivity contribution in [3.8, 4) is 61.8 Å². The minimum atomic E-state index is 0.593. The Labute approximate surface area is 319 Å². The molecule has 0 radical (unpaired) electrons. The van der Waals surface area contributed by atoms with Crippen LogP contribution >= 0.6 is 0 Å². The molecule has 8 aromatic carbocycles. The van der Waals surface area contributed by atoms with E-state index in [9.17, 15) is 0 Å². The summed E-state index contributed by atoms with van der Waals surface area (Å²) in [6.07, 6.45) is 0. The summed E-state index contributed by atoms with van der Waals surface area (Å²) in [6.45, 7) is 8.06. The van der Waals surface area contributed by atoms with Crippen molar-refractivity contribution in [1.29, 1.82) is 0 Å². The lowest BCUT2D eigenvalue weighted by Gasteiger charge is -2.16. The van der Waals surface area contributed by atoms with E-state index in [-0.39, 0.29) is 0 Å². The van der Waals surface area contributed by atoms with Crippen LogP contribution in [0.5, 0.6) is 0 Å². The van der Waals surface area contributed by atoms with Gasteiger partial charge < -0.3 is 4.57 Å². The summed E-state index contributed by atoms with van der Waals surface area (Å²) < 4.78 is 2.35. The van der Waals surface area contributed by atoms with E-state index in [4.69, 9.17) is 16.5 Å². The van der Waals surface area contributed by atoms with Crippen molar-refractivity contribution in [1.82, 2.24) is 14.5 Å². The first-order valence-electron chi connectivity index (χ1n) is 18.4. The smallest absolute Gasteiger partial charge is 0.194 e. The molecule has 2 aromatic heterocycles. The Balaban J connectivity index is 1.26. The number of nitrogens with zero attached hydrogens (tertiary/aromatic N) is 4. The van der Waals surface area contributed by atoms with E-state index in [1.54, 1.807) is 0 Å². The number of fused-ring (bicyclic) bond motifs is 4. The first kappa shape index (κ1) is 32.1. The highest BCUT2D eigenvalue weighted by Gasteiger charge is 2.19. The fraction of sp³-hybridized carbons (Fsp3) is 0. The van der Waals surface area contributed by atoms with Gasteiger partial charge in [-0.2, -0.15) is 0 Å². The van der Waals surface area contributed by atoms with Gasteiger partial charge in [0.05, 0.1) is 29.0 Å². The van der Waals surface area contributed by atoms with Crippen LogP contribution in [-0.2, 0) is 0 Å². The van der Waals surface area contributed by atoms with Crippen LogP contribution in [0.4, 0.5) is 5.69 Å². The van der Waals surface area contributed by atoms with Crippen LogP contribution in [0.1, 0.15) is 0 Å². The molecule has 4 heteroatoms. The maximum absolute atomic E-state index is 8.06. The molecule has 0 N–H and O–H groups in total. The molecule has 10 aromatic rings. The van der Waals surface area contributed by atoms with Crippen molar-refractivity contribution >= 4 is 38.3 Å². The molecular weight excluding hydrogens is 669 g/mol. The predicted octanol–water partition coefficient (Wildman–Crippen LogP) is 13.6. The van der Waals surface area contributed by atoms with Crippen molar-refractivity contribution in [3.05, 3.63) is 206 Å². The first-order valence-corrected chi connectivity index (χ1v) is 18.4. The summed E-state index contributed by atoms with van der Waals surface area (Å²) in [5.41, 5.74) is 12.4. The van der Waals surface area contributed by atoms with Crippen molar-refractivity contribution in [2.24, 2.45) is 0 Å². The number of para-hydroxylation sites is 2. The second kappa shape index (κ2) is 13.4. The van der Waals surface area contributed by atoms with Gasteiger partial charge in [0.15, 0.2) is 11.5 Å². The van der Waals surface area contributed by atoms with E-state index < -0.39 is 0 Å². The Morgan fingerprint density at radius 1 is 0.400 bits per heavy atom. The second-order valence-corrected chi connectivity index (χ2v) is 13.7. The molecule has 0 spiro atoms. The summed E-state index contributed by atoms with van der Waals surface area (Å²) in [6, 6.07) is 67.4. The Morgan fingerprint density at radius 3 is 1.76 bits per heavy atom. The highest BCUT2D eigenvalue weighted by molar-refractivity contribution is 6.11. The van der Waals surface area contributed by atoms with Gasteiger partial charge in [0.25, 0.3) is 0 Å². The minimum absolute atomic E-state index is 0.593. The monoisotopic (exact) mass is 700 g/mol. The lowest BCUT2D eigenvalue weighted by molar-refractivity contribution is 1.16. The van der Waals surface area contributed by atoms with Gasteiger partial charge in [0, 0.05) is 33.2 Å². The van der Waals surface area contributed by atoms with E-state index in [1.165, 1.54) is 27.1 Å². The SMILES string of the molecule is [C-]#[N+]c1ccccc1-c1cc(-c2nc(-c3ccccc3)cc(-c3ccccc3)n2)cc(-n2c3ccccc3c3ccc(-c4cccc5ccccc45)cc32)c1. The zero-order chi connectivity index (χ0) is 36.7. The Hall–Kier alpha value is -7.61. The molecule has 10 rings (SSSR count). The second-order valence-electron chi connectivity index (χ2n) is 13.7. The van der Waals surface area contributed by atoms with Gasteiger partial charge in [-0.05, 0) is 69.4 Å². The zero-order valence-corrected chi connectivity index (χ0v) is 29.8. The number of hydrogen-bond donors (Lipinski definition) is 0. The lowest BCUT2D eigenvalue weighted by Crippen LogP contribution is -1.99. The van der Waals surface area contributed by atoms with Crippen LogP contribution in [-0.4, -0.2) is 14.5 Å². The van der Waals surface area contributed by atoms with Gasteiger partial charge in [-0.3, -0.25) is 0 Å². The fourth-order valence-electron chi connectivity index (χ4n) is 7.82. The minimum Gasteiger partial charge on any atom is -0.309 e. The lowest BCUT2D eigenvalue weighted by atomic mass is 9.97. The predicted molar refractivity (Wildman–Crippen MR) is 227 cm³/mol. The van der Waals surface area contributed by atoms with Crippen LogP contribution in [0.3, 0.4) is 0 Å². The highest BCUT2D eigenvalue weighted by Crippen LogP contribution is 2.40. The highest BCUT2D eigenvalue weighted by atomic mass is 15.0. The molecule has 0 amide bonds. The van der Waals surface area contributed by atoms with E-state index in [0.717, 1.165) is 61.5 Å². The van der Waals surface area contributed by atoms with Crippen molar-refractivity contribution in [2.45, 2.75) is 0 Å². The van der Waals surface area contributed by atoms with Crippen molar-refractivity contribution in [2.75, 3.05) is 0 Å². The fourth-order valence-corrected chi connectivity index (χ4v) is 7.82. The molecular formula is C51H32N4. The molecule has 0 aliphatic carbocycles. The molecule has 0 saturated heterocycles. The van der Waals surface area contributed by atoms with Crippen molar-refractivity contribution in [3.63, 3.8) is 0 Å². The Bertz CT molecular complexity index is 3040. The summed E-state index contributed by atoms with van der Waals surface area (Å²) in [4.78, 5) is 14.4. The average Bonchev–Trinajstić information content (AvgIpc) is 3.60. The molecule has 0 aliphatic rings. The first-order chi connectivity index (χ1) is 27.2. The van der Waals surface area contributed by atoms with Gasteiger partial charge in [-0.1, -0.05) is 158 Å². The number of aromatic nitrogens is 3. The van der Waals surface area contributed by atoms with E-state index in [0.29, 0.717) is 11.5 Å². The van der Waals surface area contributed by atoms with Crippen LogP contribution in [0.25, 0.3) is 99.3 Å². The standard InChI is InChI=1S/C51H32N4/c1-52-46-25-12-10-22-43(46)38-29-39(51-53-47(35-16-4-2-5-17-35)33-48(54-51)36-18-6-3-7-19-36)31-40(30-38)55-49-26-13-11-23-44(49)45-28-27-37(32-50(45)55)42-24-14-20-34-15-8-9-21-41(34)42/h2-33H. The van der Waals surface area contributed by atoms with Crippen LogP contribution in [0.15, 0.2) is 194 Å². The third-order valence-corrected chi connectivity index (χ3v) is 10.4. The quantitative estimate of drug-likeness (QED) is 0.162. The number of benzene rings is 8. The largest absolute Gasteiger partial charge is 0.309 e. The normalized spacial score (nSPS) is 11.3. The summed E-state index contributed by atoms with van der Waals surface area (Å²) in [5, 5.41) is 4.77. The van der Waals surface area contributed by atoms with Gasteiger partial charge in [0.1, 0.15) is 0 Å². The Kier molecular flexibility index (Phi) is 7.83. The van der Waals surface area contributed by atoms with E-state index in [2.05, 4.69) is 143 Å². The molecule has 0 fully saturated rings. The number of hydrogen-bond acceptors (Lipinski definition) is 2. The van der Waals surface area contributed by atoms with Crippen LogP contribution < -0.4 is 0 Å². The number of rotatable bonds is 6. The summed E-state index contributed by atoms with van der Waals surface area (Å²) in [5.74, 6) is 0.612. The summed E-state index contributed by atoms with van der Waals surface area (Å²) >= 11 is 0. The van der Waals surface area contributed by atoms with Gasteiger partial charge >= 0.3 is 0 Å². The molecule has 0 unspecified atom stereocenters. The third-order valence-electron chi connectivity index (χ3n) is 10.4. The summed E-state index contributed by atoms with van der Waals surface area (Å²) in [7, 11) is 0. The van der Waals surface area contributed by atoms with Crippen LogP contribution in [0.2, 0.25) is 0 Å². The van der Waals surface area contributed by atoms with Crippen molar-refractivity contribution < 1.29 is 0 Å². The molecule has 0 saturated carbocycles. The van der Waals surface area contributed by atoms with Gasteiger partial charge in [0.2, 0.25) is 0 Å². The topological polar surface area (TPSA) is 35.1 Å². The molecule has 4 nitrogen and oxygen atoms in total. The molecule has 0 bridgehead atoms.